The van der Waals surface area contributed by atoms with E-state index in [0.29, 0.717) is 54.3 Å². The fraction of sp³-hybridized carbons (Fsp3) is 0.263. The van der Waals surface area contributed by atoms with E-state index in [1.165, 1.54) is 6.07 Å². The van der Waals surface area contributed by atoms with E-state index in [4.69, 9.17) is 25.8 Å². The number of aromatic nitrogens is 3. The van der Waals surface area contributed by atoms with Gasteiger partial charge in [0, 0.05) is 18.1 Å². The number of aryl methyl sites for hydroxylation is 2. The third-order valence-electron chi connectivity index (χ3n) is 4.09. The molecule has 0 saturated heterocycles. The Balaban J connectivity index is 1.59. The van der Waals surface area contributed by atoms with Gasteiger partial charge >= 0.3 is 5.97 Å². The van der Waals surface area contributed by atoms with E-state index >= 15 is 0 Å². The number of hydrogen-bond donors (Lipinski definition) is 3. The molecule has 28 heavy (non-hydrogen) atoms. The van der Waals surface area contributed by atoms with Crippen molar-refractivity contribution < 1.29 is 19.2 Å². The first-order chi connectivity index (χ1) is 13.5. The van der Waals surface area contributed by atoms with Crippen LogP contribution in [-0.2, 0) is 12.8 Å². The summed E-state index contributed by atoms with van der Waals surface area (Å²) in [5.74, 6) is 0.504. The molecule has 0 fully saturated rings. The normalized spacial score (nSPS) is 10.8. The van der Waals surface area contributed by atoms with Gasteiger partial charge in [-0.05, 0) is 25.0 Å². The van der Waals surface area contributed by atoms with E-state index in [1.807, 2.05) is 6.92 Å². The van der Waals surface area contributed by atoms with Crippen molar-refractivity contribution in [1.82, 2.24) is 15.1 Å². The number of ether oxygens (including phenoxy) is 1. The third kappa shape index (κ3) is 4.37. The van der Waals surface area contributed by atoms with Crippen LogP contribution >= 0.6 is 0 Å². The van der Waals surface area contributed by atoms with Gasteiger partial charge in [0.15, 0.2) is 11.6 Å². The average Bonchev–Trinajstić information content (AvgIpc) is 3.15. The minimum absolute atomic E-state index is 0.128. The number of nitrogens with zero attached hydrogens (tertiary/aromatic N) is 3. The second kappa shape index (κ2) is 8.38. The standard InChI is InChI=1S/C19H21N5O4/c1-2-14-16(17(20)23-19(21)22-14)27-8-4-7-13-10-15(24-28-13)11-5-3-6-12(9-11)18(25)26/h3,5-6,9-10H,2,4,7-8H2,1H3,(H,25,26)(H4,20,21,22,23). The van der Waals surface area contributed by atoms with E-state index in [1.54, 1.807) is 24.3 Å². The summed E-state index contributed by atoms with van der Waals surface area (Å²) in [5, 5.41) is 13.1. The highest BCUT2D eigenvalue weighted by atomic mass is 16.5. The number of carbonyl (C=O) groups is 1. The molecule has 0 spiro atoms. The molecule has 0 aliphatic heterocycles. The number of anilines is 2. The van der Waals surface area contributed by atoms with Gasteiger partial charge < -0.3 is 25.8 Å². The summed E-state index contributed by atoms with van der Waals surface area (Å²) in [6, 6.07) is 8.34. The van der Waals surface area contributed by atoms with Crippen LogP contribution in [0.1, 0.15) is 35.2 Å². The maximum atomic E-state index is 11.1. The highest BCUT2D eigenvalue weighted by molar-refractivity contribution is 5.89. The number of nitrogen functional groups attached to an aromatic ring is 2. The van der Waals surface area contributed by atoms with Crippen LogP contribution in [0.4, 0.5) is 11.8 Å². The minimum Gasteiger partial charge on any atom is -0.488 e. The van der Waals surface area contributed by atoms with Crippen molar-refractivity contribution in [3.63, 3.8) is 0 Å². The molecule has 0 aliphatic carbocycles. The van der Waals surface area contributed by atoms with E-state index in [9.17, 15) is 4.79 Å². The van der Waals surface area contributed by atoms with Gasteiger partial charge in [-0.25, -0.2) is 9.78 Å². The molecular formula is C19H21N5O4. The van der Waals surface area contributed by atoms with Crippen LogP contribution in [0.5, 0.6) is 5.75 Å². The van der Waals surface area contributed by atoms with Crippen molar-refractivity contribution in [3.8, 4) is 17.0 Å². The maximum absolute atomic E-state index is 11.1. The summed E-state index contributed by atoms with van der Waals surface area (Å²) in [7, 11) is 0. The molecule has 0 atom stereocenters. The van der Waals surface area contributed by atoms with E-state index < -0.39 is 5.97 Å². The molecular weight excluding hydrogens is 362 g/mol. The first-order valence-electron chi connectivity index (χ1n) is 8.82. The maximum Gasteiger partial charge on any atom is 0.335 e. The lowest BCUT2D eigenvalue weighted by Crippen LogP contribution is -2.09. The highest BCUT2D eigenvalue weighted by Crippen LogP contribution is 2.25. The molecule has 0 radical (unpaired) electrons. The van der Waals surface area contributed by atoms with Crippen LogP contribution in [0.25, 0.3) is 11.3 Å². The summed E-state index contributed by atoms with van der Waals surface area (Å²) in [6.07, 6.45) is 1.90. The zero-order chi connectivity index (χ0) is 20.1. The Kier molecular flexibility index (Phi) is 5.73. The number of rotatable bonds is 8. The van der Waals surface area contributed by atoms with Gasteiger partial charge in [-0.1, -0.05) is 24.2 Å². The largest absolute Gasteiger partial charge is 0.488 e. The third-order valence-corrected chi connectivity index (χ3v) is 4.09. The minimum atomic E-state index is -0.986. The number of carboxylic acid groups (broad SMARTS) is 1. The molecule has 0 saturated carbocycles. The van der Waals surface area contributed by atoms with Crippen molar-refractivity contribution in [3.05, 3.63) is 47.3 Å². The van der Waals surface area contributed by atoms with Gasteiger partial charge in [0.25, 0.3) is 0 Å². The molecule has 9 heteroatoms. The first-order valence-corrected chi connectivity index (χ1v) is 8.82. The van der Waals surface area contributed by atoms with E-state index in [2.05, 4.69) is 15.1 Å². The summed E-state index contributed by atoms with van der Waals surface area (Å²) in [6.45, 7) is 2.33. The molecule has 0 amide bonds. The Labute approximate surface area is 161 Å². The molecule has 3 rings (SSSR count). The first kappa shape index (κ1) is 19.2. The van der Waals surface area contributed by atoms with Crippen LogP contribution < -0.4 is 16.2 Å². The van der Waals surface area contributed by atoms with E-state index in [0.717, 1.165) is 0 Å². The quantitative estimate of drug-likeness (QED) is 0.498. The highest BCUT2D eigenvalue weighted by Gasteiger charge is 2.12. The van der Waals surface area contributed by atoms with Crippen molar-refractivity contribution in [1.29, 1.82) is 0 Å². The number of nitrogens with two attached hydrogens (primary N) is 2. The zero-order valence-corrected chi connectivity index (χ0v) is 15.4. The van der Waals surface area contributed by atoms with Crippen molar-refractivity contribution in [2.75, 3.05) is 18.1 Å². The Morgan fingerprint density at radius 3 is 2.82 bits per heavy atom. The lowest BCUT2D eigenvalue weighted by molar-refractivity contribution is 0.0697. The number of hydrogen-bond acceptors (Lipinski definition) is 8. The van der Waals surface area contributed by atoms with Gasteiger partial charge in [0.1, 0.15) is 11.5 Å². The molecule has 146 valence electrons. The van der Waals surface area contributed by atoms with Gasteiger partial charge in [-0.3, -0.25) is 0 Å². The molecule has 2 heterocycles. The zero-order valence-electron chi connectivity index (χ0n) is 15.4. The average molecular weight is 383 g/mol. The predicted molar refractivity (Wildman–Crippen MR) is 103 cm³/mol. The van der Waals surface area contributed by atoms with Crippen molar-refractivity contribution in [2.24, 2.45) is 0 Å². The van der Waals surface area contributed by atoms with Crippen LogP contribution in [-0.4, -0.2) is 32.8 Å². The van der Waals surface area contributed by atoms with E-state index in [-0.39, 0.29) is 17.3 Å². The molecule has 0 aliphatic rings. The van der Waals surface area contributed by atoms with Gasteiger partial charge in [-0.2, -0.15) is 4.98 Å². The summed E-state index contributed by atoms with van der Waals surface area (Å²) in [5.41, 5.74) is 13.6. The fourth-order valence-electron chi connectivity index (χ4n) is 2.73. The smallest absolute Gasteiger partial charge is 0.335 e. The Hall–Kier alpha value is -3.62. The molecule has 2 aromatic heterocycles. The van der Waals surface area contributed by atoms with Gasteiger partial charge in [0.2, 0.25) is 5.95 Å². The lowest BCUT2D eigenvalue weighted by Gasteiger charge is -2.11. The molecule has 3 aromatic rings. The Bertz CT molecular complexity index is 986. The Morgan fingerprint density at radius 1 is 1.25 bits per heavy atom. The van der Waals surface area contributed by atoms with Gasteiger partial charge in [-0.15, -0.1) is 0 Å². The summed E-state index contributed by atoms with van der Waals surface area (Å²) in [4.78, 5) is 19.1. The lowest BCUT2D eigenvalue weighted by atomic mass is 10.1. The molecule has 0 bridgehead atoms. The van der Waals surface area contributed by atoms with Crippen LogP contribution in [0, 0.1) is 0 Å². The topological polar surface area (TPSA) is 150 Å². The fourth-order valence-corrected chi connectivity index (χ4v) is 2.73. The molecule has 0 unspecified atom stereocenters. The van der Waals surface area contributed by atoms with Crippen LogP contribution in [0.3, 0.4) is 0 Å². The van der Waals surface area contributed by atoms with Crippen LogP contribution in [0.2, 0.25) is 0 Å². The summed E-state index contributed by atoms with van der Waals surface area (Å²) >= 11 is 0. The van der Waals surface area contributed by atoms with Gasteiger partial charge in [0.05, 0.1) is 17.9 Å². The molecule has 1 aromatic carbocycles. The molecule has 5 N–H and O–H groups in total. The Morgan fingerprint density at radius 2 is 2.07 bits per heavy atom. The second-order valence-corrected chi connectivity index (χ2v) is 6.11. The number of carboxylic acids is 1. The monoisotopic (exact) mass is 383 g/mol. The second-order valence-electron chi connectivity index (χ2n) is 6.11. The SMILES string of the molecule is CCc1nc(N)nc(N)c1OCCCc1cc(-c2cccc(C(=O)O)c2)no1. The van der Waals surface area contributed by atoms with Crippen molar-refractivity contribution >= 4 is 17.7 Å². The van der Waals surface area contributed by atoms with Crippen molar-refractivity contribution in [2.45, 2.75) is 26.2 Å². The van der Waals surface area contributed by atoms with Crippen LogP contribution in [0.15, 0.2) is 34.9 Å². The molecule has 9 nitrogen and oxygen atoms in total. The summed E-state index contributed by atoms with van der Waals surface area (Å²) < 4.78 is 11.1. The predicted octanol–water partition coefficient (Wildman–Crippen LogP) is 2.57. The number of aromatic carboxylic acids is 1. The number of benzene rings is 1.